The molecule has 2 aromatic carbocycles. The first-order valence-corrected chi connectivity index (χ1v) is 9.94. The third-order valence-corrected chi connectivity index (χ3v) is 5.69. The average Bonchev–Trinajstić information content (AvgIpc) is 2.79. The minimum absolute atomic E-state index is 0.998. The lowest BCUT2D eigenvalue weighted by Gasteiger charge is -2.25. The molecular weight excluding hydrogens is 340 g/mol. The van der Waals surface area contributed by atoms with Gasteiger partial charge in [-0.2, -0.15) is 0 Å². The van der Waals surface area contributed by atoms with E-state index in [4.69, 9.17) is 0 Å². The Kier molecular flexibility index (Phi) is 4.46. The molecule has 28 heavy (non-hydrogen) atoms. The zero-order chi connectivity index (χ0) is 18.8. The van der Waals surface area contributed by atoms with Crippen LogP contribution in [0.5, 0.6) is 0 Å². The van der Waals surface area contributed by atoms with Crippen molar-refractivity contribution in [1.82, 2.24) is 9.97 Å². The van der Waals surface area contributed by atoms with Gasteiger partial charge in [-0.25, -0.2) is 0 Å². The number of hydrogen-bond acceptors (Lipinski definition) is 2. The number of aryl methyl sites for hydroxylation is 1. The summed E-state index contributed by atoms with van der Waals surface area (Å²) in [6.07, 6.45) is 14.9. The molecule has 2 heterocycles. The molecule has 0 radical (unpaired) electrons. The molecule has 0 saturated heterocycles. The average molecular weight is 362 g/mol. The van der Waals surface area contributed by atoms with E-state index in [1.165, 1.54) is 47.6 Å². The summed E-state index contributed by atoms with van der Waals surface area (Å²) < 4.78 is 0. The minimum Gasteiger partial charge on any atom is -0.264 e. The van der Waals surface area contributed by atoms with Gasteiger partial charge in [-0.15, -0.1) is 0 Å². The van der Waals surface area contributed by atoms with E-state index in [-0.39, 0.29) is 0 Å². The third kappa shape index (κ3) is 3.11. The van der Waals surface area contributed by atoms with Crippen molar-refractivity contribution >= 4 is 27.2 Å². The van der Waals surface area contributed by atoms with E-state index in [1.54, 1.807) is 23.5 Å². The fourth-order valence-corrected chi connectivity index (χ4v) is 4.30. The van der Waals surface area contributed by atoms with Crippen molar-refractivity contribution in [3.8, 4) is 0 Å². The molecule has 6 rings (SSSR count). The zero-order valence-corrected chi connectivity index (χ0v) is 15.8. The molecule has 0 bridgehead atoms. The Morgan fingerprint density at radius 3 is 2.64 bits per heavy atom. The Morgan fingerprint density at radius 1 is 0.750 bits per heavy atom. The van der Waals surface area contributed by atoms with Crippen molar-refractivity contribution < 1.29 is 0 Å². The number of hydrogen-bond donors (Lipinski definition) is 0. The number of rotatable bonds is 0. The summed E-state index contributed by atoms with van der Waals surface area (Å²) in [6.45, 7) is 0. The fraction of sp³-hybridized carbons (Fsp3) is 0.154. The standard InChI is InChI=1S/C18H16.C8H6N2/c1-3-7-15-13(5-1)9-11-18-16-8-4-2-6-14(16)10-12-17(15)18;1-2-7-6-9-5-3-8(7)10-4-1/h1,3-5,7-9,11H,2,6,10,12H2;1-6H. The van der Waals surface area contributed by atoms with Crippen molar-refractivity contribution in [3.05, 3.63) is 102 Å². The number of pyridine rings is 2. The molecule has 0 unspecified atom stereocenters. The lowest BCUT2D eigenvalue weighted by molar-refractivity contribution is 0.831. The number of benzene rings is 2. The molecule has 2 aromatic heterocycles. The first kappa shape index (κ1) is 16.9. The second kappa shape index (κ2) is 7.40. The fourth-order valence-electron chi connectivity index (χ4n) is 4.30. The quantitative estimate of drug-likeness (QED) is 0.356. The van der Waals surface area contributed by atoms with Crippen molar-refractivity contribution in [2.24, 2.45) is 0 Å². The van der Waals surface area contributed by atoms with Gasteiger partial charge in [0.1, 0.15) is 0 Å². The van der Waals surface area contributed by atoms with Crippen molar-refractivity contribution in [2.75, 3.05) is 0 Å². The maximum absolute atomic E-state index is 4.14. The molecule has 0 fully saturated rings. The van der Waals surface area contributed by atoms with Crippen LogP contribution in [0.25, 0.3) is 27.2 Å². The van der Waals surface area contributed by atoms with Gasteiger partial charge in [0.15, 0.2) is 0 Å². The van der Waals surface area contributed by atoms with Crippen molar-refractivity contribution in [2.45, 2.75) is 25.7 Å². The number of nitrogens with zero attached hydrogens (tertiary/aromatic N) is 2. The number of fused-ring (bicyclic) bond motifs is 5. The lowest BCUT2D eigenvalue weighted by Crippen LogP contribution is -2.06. The highest BCUT2D eigenvalue weighted by atomic mass is 14.7. The molecule has 2 aliphatic carbocycles. The van der Waals surface area contributed by atoms with Gasteiger partial charge in [0, 0.05) is 24.0 Å². The van der Waals surface area contributed by atoms with Crippen LogP contribution in [0.4, 0.5) is 0 Å². The summed E-state index contributed by atoms with van der Waals surface area (Å²) in [5.41, 5.74) is 7.20. The predicted molar refractivity (Wildman–Crippen MR) is 117 cm³/mol. The van der Waals surface area contributed by atoms with Gasteiger partial charge < -0.3 is 0 Å². The second-order valence-corrected chi connectivity index (χ2v) is 7.34. The maximum atomic E-state index is 4.14. The van der Waals surface area contributed by atoms with Crippen LogP contribution in [-0.4, -0.2) is 9.97 Å². The predicted octanol–water partition coefficient (Wildman–Crippen LogP) is 6.52. The molecule has 0 amide bonds. The maximum Gasteiger partial charge on any atom is 0.0732 e. The van der Waals surface area contributed by atoms with E-state index in [0.717, 1.165) is 10.9 Å². The number of allylic oxidation sites excluding steroid dienone is 4. The van der Waals surface area contributed by atoms with Gasteiger partial charge in [0.25, 0.3) is 0 Å². The van der Waals surface area contributed by atoms with Gasteiger partial charge in [-0.05, 0) is 71.4 Å². The van der Waals surface area contributed by atoms with Crippen molar-refractivity contribution in [3.63, 3.8) is 0 Å². The van der Waals surface area contributed by atoms with E-state index >= 15 is 0 Å². The Morgan fingerprint density at radius 2 is 1.68 bits per heavy atom. The molecule has 2 nitrogen and oxygen atoms in total. The van der Waals surface area contributed by atoms with Crippen LogP contribution >= 0.6 is 0 Å². The van der Waals surface area contributed by atoms with Crippen LogP contribution in [0, 0.1) is 0 Å². The zero-order valence-electron chi connectivity index (χ0n) is 15.8. The highest BCUT2D eigenvalue weighted by molar-refractivity contribution is 5.93. The van der Waals surface area contributed by atoms with E-state index < -0.39 is 0 Å². The van der Waals surface area contributed by atoms with Gasteiger partial charge in [-0.1, -0.05) is 54.1 Å². The van der Waals surface area contributed by atoms with E-state index in [9.17, 15) is 0 Å². The molecule has 0 N–H and O–H groups in total. The molecule has 2 aliphatic rings. The first-order chi connectivity index (χ1) is 13.9. The monoisotopic (exact) mass is 362 g/mol. The van der Waals surface area contributed by atoms with Gasteiger partial charge in [-0.3, -0.25) is 9.97 Å². The molecule has 136 valence electrons. The summed E-state index contributed by atoms with van der Waals surface area (Å²) >= 11 is 0. The van der Waals surface area contributed by atoms with Crippen LogP contribution in [0.1, 0.15) is 30.4 Å². The summed E-state index contributed by atoms with van der Waals surface area (Å²) in [6, 6.07) is 19.2. The Hall–Kier alpha value is -3.26. The summed E-state index contributed by atoms with van der Waals surface area (Å²) in [4.78, 5) is 8.11. The molecule has 0 saturated carbocycles. The molecule has 2 heteroatoms. The Balaban J connectivity index is 0.000000145. The topological polar surface area (TPSA) is 25.8 Å². The summed E-state index contributed by atoms with van der Waals surface area (Å²) in [5.74, 6) is 0. The van der Waals surface area contributed by atoms with Crippen LogP contribution in [0.2, 0.25) is 0 Å². The molecule has 4 aromatic rings. The van der Waals surface area contributed by atoms with E-state index in [2.05, 4.69) is 58.5 Å². The Labute approximate surface area is 165 Å². The SMILES string of the molecule is C1=CC2=C(CC1)CCc1c2ccc2ccccc12.c1cnc2ccncc2c1. The molecular formula is C26H22N2. The molecule has 0 aliphatic heterocycles. The van der Waals surface area contributed by atoms with Crippen molar-refractivity contribution in [1.29, 1.82) is 0 Å². The van der Waals surface area contributed by atoms with Gasteiger partial charge in [0.05, 0.1) is 5.52 Å². The summed E-state index contributed by atoms with van der Waals surface area (Å²) in [7, 11) is 0. The van der Waals surface area contributed by atoms with Crippen LogP contribution in [0.15, 0.2) is 90.9 Å². The van der Waals surface area contributed by atoms with Crippen LogP contribution in [-0.2, 0) is 6.42 Å². The largest absolute Gasteiger partial charge is 0.264 e. The van der Waals surface area contributed by atoms with E-state index in [0.29, 0.717) is 0 Å². The summed E-state index contributed by atoms with van der Waals surface area (Å²) in [5, 5.41) is 3.91. The van der Waals surface area contributed by atoms with E-state index in [1.807, 2.05) is 24.4 Å². The highest BCUT2D eigenvalue weighted by Crippen LogP contribution is 2.39. The Bertz CT molecular complexity index is 1150. The number of aromatic nitrogens is 2. The van der Waals surface area contributed by atoms with Gasteiger partial charge in [0.2, 0.25) is 0 Å². The van der Waals surface area contributed by atoms with Gasteiger partial charge >= 0.3 is 0 Å². The van der Waals surface area contributed by atoms with Crippen LogP contribution < -0.4 is 0 Å². The third-order valence-electron chi connectivity index (χ3n) is 5.69. The first-order valence-electron chi connectivity index (χ1n) is 9.94. The second-order valence-electron chi connectivity index (χ2n) is 7.34. The highest BCUT2D eigenvalue weighted by Gasteiger charge is 2.20. The normalized spacial score (nSPS) is 15.0. The molecule has 0 spiro atoms. The lowest BCUT2D eigenvalue weighted by atomic mass is 9.80. The molecule has 0 atom stereocenters. The minimum atomic E-state index is 0.998. The van der Waals surface area contributed by atoms with Crippen LogP contribution in [0.3, 0.4) is 0 Å². The smallest absolute Gasteiger partial charge is 0.0732 e.